The molecule has 0 bridgehead atoms. The molecule has 0 heterocycles. The van der Waals surface area contributed by atoms with Gasteiger partial charge in [0.25, 0.3) is 0 Å². The second kappa shape index (κ2) is 14.2. The van der Waals surface area contributed by atoms with Gasteiger partial charge < -0.3 is 19.3 Å². The van der Waals surface area contributed by atoms with Gasteiger partial charge in [0.15, 0.2) is 6.29 Å². The SMILES string of the molecule is CCCCOC(CC(OC(=O)CCCCC(=O)O)c1ccccc1)OCC. The molecule has 0 fully saturated rings. The van der Waals surface area contributed by atoms with E-state index < -0.39 is 18.4 Å². The maximum atomic E-state index is 12.2. The van der Waals surface area contributed by atoms with E-state index >= 15 is 0 Å². The first-order chi connectivity index (χ1) is 13.1. The second-order valence-electron chi connectivity index (χ2n) is 6.33. The highest BCUT2D eigenvalue weighted by Crippen LogP contribution is 2.25. The minimum Gasteiger partial charge on any atom is -0.481 e. The van der Waals surface area contributed by atoms with Crippen LogP contribution in [0.5, 0.6) is 0 Å². The van der Waals surface area contributed by atoms with E-state index in [2.05, 4.69) is 6.92 Å². The molecule has 0 aromatic heterocycles. The molecule has 0 amide bonds. The zero-order valence-electron chi connectivity index (χ0n) is 16.4. The van der Waals surface area contributed by atoms with E-state index in [1.165, 1.54) is 0 Å². The molecule has 1 aromatic carbocycles. The number of unbranched alkanes of at least 4 members (excludes halogenated alkanes) is 2. The summed E-state index contributed by atoms with van der Waals surface area (Å²) < 4.78 is 17.2. The van der Waals surface area contributed by atoms with Gasteiger partial charge in [-0.3, -0.25) is 9.59 Å². The van der Waals surface area contributed by atoms with Crippen LogP contribution < -0.4 is 0 Å². The lowest BCUT2D eigenvalue weighted by molar-refractivity contribution is -0.172. The molecule has 0 radical (unpaired) electrons. The lowest BCUT2D eigenvalue weighted by Gasteiger charge is -2.24. The summed E-state index contributed by atoms with van der Waals surface area (Å²) in [6.45, 7) is 5.12. The van der Waals surface area contributed by atoms with Gasteiger partial charge >= 0.3 is 11.9 Å². The highest BCUT2D eigenvalue weighted by atomic mass is 16.7. The third-order valence-corrected chi connectivity index (χ3v) is 4.03. The number of carbonyl (C=O) groups is 2. The number of aliphatic carboxylic acids is 1. The standard InChI is InChI=1S/C21H32O6/c1-3-5-15-26-21(25-4-2)16-18(17-11-7-6-8-12-17)27-20(24)14-10-9-13-19(22)23/h6-8,11-12,18,21H,3-5,9-10,13-16H2,1-2H3,(H,22,23). The Bertz CT molecular complexity index is 531. The van der Waals surface area contributed by atoms with Crippen molar-refractivity contribution < 1.29 is 28.9 Å². The summed E-state index contributed by atoms with van der Waals surface area (Å²) >= 11 is 0. The summed E-state index contributed by atoms with van der Waals surface area (Å²) in [7, 11) is 0. The summed E-state index contributed by atoms with van der Waals surface area (Å²) in [4.78, 5) is 22.8. The van der Waals surface area contributed by atoms with Crippen molar-refractivity contribution in [2.24, 2.45) is 0 Å². The Morgan fingerprint density at radius 3 is 2.33 bits per heavy atom. The van der Waals surface area contributed by atoms with Crippen molar-refractivity contribution in [3.8, 4) is 0 Å². The van der Waals surface area contributed by atoms with E-state index in [-0.39, 0.29) is 18.8 Å². The summed E-state index contributed by atoms with van der Waals surface area (Å²) in [5.41, 5.74) is 0.889. The molecule has 0 aliphatic carbocycles. The van der Waals surface area contributed by atoms with Crippen LogP contribution in [0.3, 0.4) is 0 Å². The van der Waals surface area contributed by atoms with Crippen LogP contribution in [0.15, 0.2) is 30.3 Å². The van der Waals surface area contributed by atoms with Gasteiger partial charge in [-0.05, 0) is 31.7 Å². The number of carboxylic acid groups (broad SMARTS) is 1. The maximum absolute atomic E-state index is 12.2. The molecular formula is C21H32O6. The Kier molecular flexibility index (Phi) is 12.1. The molecule has 0 aliphatic rings. The average Bonchev–Trinajstić information content (AvgIpc) is 2.65. The van der Waals surface area contributed by atoms with Crippen molar-refractivity contribution in [2.45, 2.75) is 71.2 Å². The molecule has 2 atom stereocenters. The molecule has 0 saturated heterocycles. The number of esters is 1. The van der Waals surface area contributed by atoms with E-state index in [1.54, 1.807) is 0 Å². The Labute approximate surface area is 161 Å². The van der Waals surface area contributed by atoms with Gasteiger partial charge in [-0.1, -0.05) is 43.7 Å². The molecule has 1 rings (SSSR count). The quantitative estimate of drug-likeness (QED) is 0.274. The minimum atomic E-state index is -0.852. The Balaban J connectivity index is 2.66. The van der Waals surface area contributed by atoms with Gasteiger partial charge in [0.2, 0.25) is 0 Å². The average molecular weight is 380 g/mol. The Hall–Kier alpha value is -1.92. The molecule has 1 N–H and O–H groups in total. The van der Waals surface area contributed by atoms with Crippen molar-refractivity contribution >= 4 is 11.9 Å². The predicted molar refractivity (Wildman–Crippen MR) is 102 cm³/mol. The van der Waals surface area contributed by atoms with Crippen LogP contribution in [0, 0.1) is 0 Å². The van der Waals surface area contributed by atoms with E-state index in [9.17, 15) is 9.59 Å². The molecule has 0 spiro atoms. The molecule has 2 unspecified atom stereocenters. The van der Waals surface area contributed by atoms with Gasteiger partial charge in [-0.2, -0.15) is 0 Å². The van der Waals surface area contributed by atoms with Crippen LogP contribution in [-0.4, -0.2) is 36.5 Å². The fourth-order valence-corrected chi connectivity index (χ4v) is 2.59. The molecular weight excluding hydrogens is 348 g/mol. The van der Waals surface area contributed by atoms with Crippen LogP contribution in [0.1, 0.15) is 70.5 Å². The van der Waals surface area contributed by atoms with Gasteiger partial charge in [0, 0.05) is 32.5 Å². The summed E-state index contributed by atoms with van der Waals surface area (Å²) in [5.74, 6) is -1.19. The fraction of sp³-hybridized carbons (Fsp3) is 0.619. The third-order valence-electron chi connectivity index (χ3n) is 4.03. The van der Waals surface area contributed by atoms with Gasteiger partial charge in [-0.15, -0.1) is 0 Å². The number of carboxylic acids is 1. The minimum absolute atomic E-state index is 0.0626. The van der Waals surface area contributed by atoms with E-state index in [0.29, 0.717) is 32.5 Å². The van der Waals surface area contributed by atoms with E-state index in [0.717, 1.165) is 18.4 Å². The first-order valence-corrected chi connectivity index (χ1v) is 9.76. The zero-order valence-corrected chi connectivity index (χ0v) is 16.4. The Morgan fingerprint density at radius 1 is 1.00 bits per heavy atom. The normalized spacial score (nSPS) is 13.1. The highest BCUT2D eigenvalue weighted by molar-refractivity contribution is 5.70. The fourth-order valence-electron chi connectivity index (χ4n) is 2.59. The van der Waals surface area contributed by atoms with Crippen LogP contribution in [0.2, 0.25) is 0 Å². The van der Waals surface area contributed by atoms with Crippen LogP contribution in [-0.2, 0) is 23.8 Å². The molecule has 152 valence electrons. The zero-order chi connectivity index (χ0) is 19.9. The number of hydrogen-bond acceptors (Lipinski definition) is 5. The monoisotopic (exact) mass is 380 g/mol. The lowest BCUT2D eigenvalue weighted by atomic mass is 10.1. The number of benzene rings is 1. The lowest BCUT2D eigenvalue weighted by Crippen LogP contribution is -2.24. The third kappa shape index (κ3) is 10.7. The molecule has 0 aliphatic heterocycles. The van der Waals surface area contributed by atoms with Gasteiger partial charge in [-0.25, -0.2) is 0 Å². The van der Waals surface area contributed by atoms with Crippen LogP contribution in [0.25, 0.3) is 0 Å². The van der Waals surface area contributed by atoms with Gasteiger partial charge in [0.05, 0.1) is 0 Å². The van der Waals surface area contributed by atoms with Crippen molar-refractivity contribution in [2.75, 3.05) is 13.2 Å². The highest BCUT2D eigenvalue weighted by Gasteiger charge is 2.22. The van der Waals surface area contributed by atoms with Gasteiger partial charge in [0.1, 0.15) is 6.10 Å². The number of carbonyl (C=O) groups excluding carboxylic acids is 1. The number of hydrogen-bond donors (Lipinski definition) is 1. The van der Waals surface area contributed by atoms with Crippen molar-refractivity contribution in [1.82, 2.24) is 0 Å². The van der Waals surface area contributed by atoms with Crippen molar-refractivity contribution in [3.63, 3.8) is 0 Å². The largest absolute Gasteiger partial charge is 0.481 e. The molecule has 0 saturated carbocycles. The van der Waals surface area contributed by atoms with E-state index in [4.69, 9.17) is 19.3 Å². The smallest absolute Gasteiger partial charge is 0.306 e. The topological polar surface area (TPSA) is 82.1 Å². The number of ether oxygens (including phenoxy) is 3. The first-order valence-electron chi connectivity index (χ1n) is 9.76. The Morgan fingerprint density at radius 2 is 1.70 bits per heavy atom. The van der Waals surface area contributed by atoms with Crippen LogP contribution >= 0.6 is 0 Å². The summed E-state index contributed by atoms with van der Waals surface area (Å²) in [5, 5.41) is 8.67. The summed E-state index contributed by atoms with van der Waals surface area (Å²) in [6, 6.07) is 9.54. The first kappa shape index (κ1) is 23.1. The van der Waals surface area contributed by atoms with E-state index in [1.807, 2.05) is 37.3 Å². The molecule has 27 heavy (non-hydrogen) atoms. The van der Waals surface area contributed by atoms with Crippen molar-refractivity contribution in [1.29, 1.82) is 0 Å². The molecule has 6 heteroatoms. The second-order valence-corrected chi connectivity index (χ2v) is 6.33. The summed E-state index contributed by atoms with van der Waals surface area (Å²) in [6.07, 6.45) is 2.72. The van der Waals surface area contributed by atoms with Crippen molar-refractivity contribution in [3.05, 3.63) is 35.9 Å². The molecule has 1 aromatic rings. The van der Waals surface area contributed by atoms with Crippen LogP contribution in [0.4, 0.5) is 0 Å². The molecule has 6 nitrogen and oxygen atoms in total. The maximum Gasteiger partial charge on any atom is 0.306 e. The predicted octanol–water partition coefficient (Wildman–Crippen LogP) is 4.49. The number of rotatable bonds is 15.